The molecule has 178 valence electrons. The highest BCUT2D eigenvalue weighted by molar-refractivity contribution is 6.35. The lowest BCUT2D eigenvalue weighted by Crippen LogP contribution is -2.53. The molecule has 0 unspecified atom stereocenters. The fourth-order valence-corrected chi connectivity index (χ4v) is 4.03. The van der Waals surface area contributed by atoms with Gasteiger partial charge in [0, 0.05) is 12.5 Å². The summed E-state index contributed by atoms with van der Waals surface area (Å²) in [6, 6.07) is 3.21. The first-order valence-corrected chi connectivity index (χ1v) is 11.2. The molecule has 2 heterocycles. The zero-order chi connectivity index (χ0) is 24.1. The van der Waals surface area contributed by atoms with E-state index in [1.54, 1.807) is 18.2 Å². The predicted molar refractivity (Wildman–Crippen MR) is 121 cm³/mol. The lowest BCUT2D eigenvalue weighted by atomic mass is 9.97. The van der Waals surface area contributed by atoms with E-state index in [-0.39, 0.29) is 24.1 Å². The van der Waals surface area contributed by atoms with E-state index in [4.69, 9.17) is 16.3 Å². The van der Waals surface area contributed by atoms with Gasteiger partial charge in [-0.25, -0.2) is 9.78 Å². The van der Waals surface area contributed by atoms with Crippen molar-refractivity contribution in [2.24, 2.45) is 11.8 Å². The summed E-state index contributed by atoms with van der Waals surface area (Å²) in [5.74, 6) is -2.23. The Bertz CT molecular complexity index is 1050. The smallest absolute Gasteiger partial charge is 0.328 e. The molecule has 3 rings (SSSR count). The van der Waals surface area contributed by atoms with E-state index in [0.29, 0.717) is 35.4 Å². The first-order valence-electron chi connectivity index (χ1n) is 10.8. The minimum atomic E-state index is -1.01. The number of imidazole rings is 1. The molecule has 0 radical (unpaired) electrons. The maximum Gasteiger partial charge on any atom is 0.328 e. The number of rotatable bonds is 9. The van der Waals surface area contributed by atoms with Crippen LogP contribution < -0.4 is 16.0 Å². The summed E-state index contributed by atoms with van der Waals surface area (Å²) in [5.41, 5.74) is 1.05. The molecular weight excluding hydrogens is 450 g/mol. The second kappa shape index (κ2) is 10.7. The zero-order valence-electron chi connectivity index (χ0n) is 18.7. The fourth-order valence-electron chi connectivity index (χ4n) is 3.82. The number of para-hydroxylation sites is 1. The van der Waals surface area contributed by atoms with Crippen molar-refractivity contribution in [3.63, 3.8) is 0 Å². The molecule has 0 aliphatic carbocycles. The predicted octanol–water partition coefficient (Wildman–Crippen LogP) is 1.54. The van der Waals surface area contributed by atoms with Crippen molar-refractivity contribution >= 4 is 46.3 Å². The maximum absolute atomic E-state index is 13.1. The quantitative estimate of drug-likeness (QED) is 0.403. The molecule has 10 nitrogen and oxygen atoms in total. The van der Waals surface area contributed by atoms with E-state index in [9.17, 15) is 19.2 Å². The number of H-pyrrole nitrogens is 1. The Morgan fingerprint density at radius 3 is 2.61 bits per heavy atom. The number of nitrogens with one attached hydrogen (secondary N) is 4. The second-order valence-electron chi connectivity index (χ2n) is 8.47. The summed E-state index contributed by atoms with van der Waals surface area (Å²) in [4.78, 5) is 57.3. The van der Waals surface area contributed by atoms with E-state index in [2.05, 4.69) is 25.9 Å². The molecule has 1 saturated heterocycles. The number of benzene rings is 1. The van der Waals surface area contributed by atoms with Crippen LogP contribution in [0.4, 0.5) is 0 Å². The molecule has 4 N–H and O–H groups in total. The molecule has 2 aromatic rings. The normalized spacial score (nSPS) is 17.5. The molecule has 3 amide bonds. The summed E-state index contributed by atoms with van der Waals surface area (Å²) in [5, 5.41) is 8.46. The van der Waals surface area contributed by atoms with Crippen LogP contribution in [-0.2, 0) is 19.1 Å². The molecule has 1 aliphatic rings. The summed E-state index contributed by atoms with van der Waals surface area (Å²) in [6.45, 7) is 4.35. The molecule has 1 aromatic carbocycles. The number of fused-ring (bicyclic) bond motifs is 1. The molecule has 1 aliphatic heterocycles. The van der Waals surface area contributed by atoms with Crippen molar-refractivity contribution in [1.29, 1.82) is 0 Å². The molecular formula is C22H28ClN5O5. The molecule has 1 aromatic heterocycles. The minimum absolute atomic E-state index is 0.0202. The van der Waals surface area contributed by atoms with E-state index in [1.807, 2.05) is 13.8 Å². The second-order valence-corrected chi connectivity index (χ2v) is 8.88. The van der Waals surface area contributed by atoms with Crippen molar-refractivity contribution in [3.8, 4) is 0 Å². The summed E-state index contributed by atoms with van der Waals surface area (Å²) in [7, 11) is 1.22. The Morgan fingerprint density at radius 1 is 1.24 bits per heavy atom. The minimum Gasteiger partial charge on any atom is -0.467 e. The average Bonchev–Trinajstić information content (AvgIpc) is 3.39. The van der Waals surface area contributed by atoms with Gasteiger partial charge in [-0.2, -0.15) is 0 Å². The van der Waals surface area contributed by atoms with Crippen molar-refractivity contribution in [1.82, 2.24) is 25.9 Å². The monoisotopic (exact) mass is 477 g/mol. The van der Waals surface area contributed by atoms with Crippen LogP contribution in [-0.4, -0.2) is 59.4 Å². The third-order valence-corrected chi connectivity index (χ3v) is 5.80. The molecule has 33 heavy (non-hydrogen) atoms. The van der Waals surface area contributed by atoms with Crippen LogP contribution in [0.2, 0.25) is 5.02 Å². The van der Waals surface area contributed by atoms with Gasteiger partial charge in [-0.1, -0.05) is 31.5 Å². The Hall–Kier alpha value is -3.14. The highest BCUT2D eigenvalue weighted by atomic mass is 35.5. The lowest BCUT2D eigenvalue weighted by molar-refractivity contribution is -0.146. The van der Waals surface area contributed by atoms with Crippen LogP contribution in [0.15, 0.2) is 18.2 Å². The number of aromatic nitrogens is 2. The highest BCUT2D eigenvalue weighted by Gasteiger charge is 2.34. The van der Waals surface area contributed by atoms with Gasteiger partial charge in [0.2, 0.25) is 11.8 Å². The summed E-state index contributed by atoms with van der Waals surface area (Å²) >= 11 is 6.13. The van der Waals surface area contributed by atoms with Gasteiger partial charge < -0.3 is 25.7 Å². The van der Waals surface area contributed by atoms with Gasteiger partial charge in [-0.3, -0.25) is 14.4 Å². The Labute approximate surface area is 196 Å². The number of carbonyl (C=O) groups is 4. The van der Waals surface area contributed by atoms with E-state index in [0.717, 1.165) is 0 Å². The molecule has 1 fully saturated rings. The largest absolute Gasteiger partial charge is 0.467 e. The summed E-state index contributed by atoms with van der Waals surface area (Å²) < 4.78 is 4.81. The fraction of sp³-hybridized carbons (Fsp3) is 0.500. The van der Waals surface area contributed by atoms with Gasteiger partial charge in [0.05, 0.1) is 17.6 Å². The SMILES string of the molecule is COC(=O)[C@H](C[C@@H]1CCNC1=O)NC(=O)[C@H](CC(C)C)NC(=O)c1nc2c(Cl)cccc2[nH]1. The van der Waals surface area contributed by atoms with E-state index in [1.165, 1.54) is 7.11 Å². The highest BCUT2D eigenvalue weighted by Crippen LogP contribution is 2.21. The Balaban J connectivity index is 1.74. The van der Waals surface area contributed by atoms with Crippen molar-refractivity contribution in [2.75, 3.05) is 13.7 Å². The van der Waals surface area contributed by atoms with Gasteiger partial charge in [-0.15, -0.1) is 0 Å². The van der Waals surface area contributed by atoms with Gasteiger partial charge in [-0.05, 0) is 37.3 Å². The van der Waals surface area contributed by atoms with Crippen molar-refractivity contribution < 1.29 is 23.9 Å². The van der Waals surface area contributed by atoms with Gasteiger partial charge >= 0.3 is 5.97 Å². The van der Waals surface area contributed by atoms with Crippen molar-refractivity contribution in [2.45, 2.75) is 45.2 Å². The first-order chi connectivity index (χ1) is 15.7. The van der Waals surface area contributed by atoms with Gasteiger partial charge in [0.25, 0.3) is 5.91 Å². The summed E-state index contributed by atoms with van der Waals surface area (Å²) in [6.07, 6.45) is 1.02. The van der Waals surface area contributed by atoms with Crippen LogP contribution in [0.5, 0.6) is 0 Å². The van der Waals surface area contributed by atoms with Gasteiger partial charge in [0.1, 0.15) is 17.6 Å². The van der Waals surface area contributed by atoms with Gasteiger partial charge in [0.15, 0.2) is 5.82 Å². The molecule has 0 saturated carbocycles. The van der Waals surface area contributed by atoms with Crippen LogP contribution in [0, 0.1) is 11.8 Å². The van der Waals surface area contributed by atoms with E-state index >= 15 is 0 Å². The number of carbonyl (C=O) groups excluding carboxylic acids is 4. The topological polar surface area (TPSA) is 142 Å². The number of esters is 1. The number of hydrogen-bond donors (Lipinski definition) is 4. The molecule has 0 spiro atoms. The zero-order valence-corrected chi connectivity index (χ0v) is 19.5. The number of amides is 3. The number of methoxy groups -OCH3 is 1. The van der Waals surface area contributed by atoms with Crippen LogP contribution in [0.25, 0.3) is 11.0 Å². The lowest BCUT2D eigenvalue weighted by Gasteiger charge is -2.24. The van der Waals surface area contributed by atoms with E-state index < -0.39 is 35.8 Å². The first kappa shape index (κ1) is 24.5. The molecule has 11 heteroatoms. The van der Waals surface area contributed by atoms with Crippen LogP contribution in [0.1, 0.15) is 43.7 Å². The Morgan fingerprint density at radius 2 is 2.00 bits per heavy atom. The molecule has 0 bridgehead atoms. The average molecular weight is 478 g/mol. The van der Waals surface area contributed by atoms with Crippen LogP contribution >= 0.6 is 11.6 Å². The third-order valence-electron chi connectivity index (χ3n) is 5.49. The van der Waals surface area contributed by atoms with Crippen LogP contribution in [0.3, 0.4) is 0 Å². The maximum atomic E-state index is 13.1. The number of hydrogen-bond acceptors (Lipinski definition) is 6. The number of ether oxygens (including phenoxy) is 1. The number of aromatic amines is 1. The van der Waals surface area contributed by atoms with Crippen molar-refractivity contribution in [3.05, 3.63) is 29.0 Å². The number of nitrogens with zero attached hydrogens (tertiary/aromatic N) is 1. The third kappa shape index (κ3) is 6.01. The standard InChI is InChI=1S/C22H28ClN5O5/c1-11(2)9-15(26-21(31)18-25-14-6-4-5-13(23)17(14)28-18)20(30)27-16(22(32)33-3)10-12-7-8-24-19(12)29/h4-6,11-12,15-16H,7-10H2,1-3H3,(H,24,29)(H,25,28)(H,26,31)(H,27,30)/t12-,15-,16-/m0/s1. The number of halogens is 1. The molecule has 3 atom stereocenters. The Kier molecular flexibility index (Phi) is 7.91.